The number of aromatic nitrogens is 1. The van der Waals surface area contributed by atoms with Crippen molar-refractivity contribution >= 4 is 23.2 Å². The molecule has 0 aromatic carbocycles. The molecule has 1 fully saturated rings. The lowest BCUT2D eigenvalue weighted by Gasteiger charge is -2.31. The molecule has 0 spiro atoms. The predicted molar refractivity (Wildman–Crippen MR) is 64.3 cm³/mol. The number of anilines is 1. The Bertz CT molecular complexity index is 404. The van der Waals surface area contributed by atoms with Gasteiger partial charge in [0.15, 0.2) is 0 Å². The van der Waals surface area contributed by atoms with Crippen LogP contribution in [0.2, 0.25) is 0 Å². The first-order valence-corrected chi connectivity index (χ1v) is 6.26. The first kappa shape index (κ1) is 11.4. The van der Waals surface area contributed by atoms with Gasteiger partial charge >= 0.3 is 6.09 Å². The number of hydrogen-bond donors (Lipinski definition) is 1. The van der Waals surface area contributed by atoms with Crippen molar-refractivity contribution in [2.75, 3.05) is 4.90 Å². The van der Waals surface area contributed by atoms with Gasteiger partial charge in [0.05, 0.1) is 5.01 Å². The third-order valence-corrected chi connectivity index (χ3v) is 3.52. The number of carbonyl (C=O) groups is 1. The van der Waals surface area contributed by atoms with E-state index in [2.05, 4.69) is 4.98 Å². The van der Waals surface area contributed by atoms with Crippen LogP contribution in [-0.2, 0) is 0 Å². The van der Waals surface area contributed by atoms with Crippen molar-refractivity contribution in [1.82, 2.24) is 4.98 Å². The molecule has 88 valence electrons. The Hall–Kier alpha value is -1.10. The van der Waals surface area contributed by atoms with Crippen molar-refractivity contribution in [3.05, 3.63) is 10.4 Å². The standard InChI is InChI=1S/C11H16N2O2S/c1-11(2,3)13(10(14)15)8-6-16-9(12-8)7-4-5-7/h6-7H,4-5H2,1-3H3,(H,14,15). The largest absolute Gasteiger partial charge is 0.465 e. The molecule has 0 bridgehead atoms. The normalized spacial score (nSPS) is 16.2. The molecule has 1 aromatic heterocycles. The van der Waals surface area contributed by atoms with Crippen molar-refractivity contribution in [1.29, 1.82) is 0 Å². The van der Waals surface area contributed by atoms with Gasteiger partial charge in [0.1, 0.15) is 5.82 Å². The molecule has 1 amide bonds. The second kappa shape index (κ2) is 3.73. The summed E-state index contributed by atoms with van der Waals surface area (Å²) >= 11 is 1.57. The zero-order chi connectivity index (χ0) is 11.9. The topological polar surface area (TPSA) is 53.4 Å². The van der Waals surface area contributed by atoms with Gasteiger partial charge in [-0.3, -0.25) is 4.90 Å². The second-order valence-electron chi connectivity index (χ2n) is 5.11. The number of rotatable bonds is 2. The molecule has 1 heterocycles. The van der Waals surface area contributed by atoms with Crippen LogP contribution in [0.5, 0.6) is 0 Å². The van der Waals surface area contributed by atoms with Crippen molar-refractivity contribution in [3.63, 3.8) is 0 Å². The third kappa shape index (κ3) is 2.19. The maximum atomic E-state index is 11.2. The fourth-order valence-corrected chi connectivity index (χ4v) is 2.59. The summed E-state index contributed by atoms with van der Waals surface area (Å²) in [5.74, 6) is 1.14. The number of carboxylic acid groups (broad SMARTS) is 1. The number of nitrogens with zero attached hydrogens (tertiary/aromatic N) is 2. The van der Waals surface area contributed by atoms with Crippen LogP contribution < -0.4 is 4.90 Å². The summed E-state index contributed by atoms with van der Waals surface area (Å²) < 4.78 is 0. The highest BCUT2D eigenvalue weighted by molar-refractivity contribution is 7.10. The minimum atomic E-state index is -0.944. The number of hydrogen-bond acceptors (Lipinski definition) is 3. The van der Waals surface area contributed by atoms with Crippen LogP contribution in [0.25, 0.3) is 0 Å². The molecule has 0 atom stereocenters. The van der Waals surface area contributed by atoms with Crippen LogP contribution in [0.3, 0.4) is 0 Å². The van der Waals surface area contributed by atoms with Crippen LogP contribution in [0.1, 0.15) is 44.5 Å². The summed E-state index contributed by atoms with van der Waals surface area (Å²) in [4.78, 5) is 17.0. The molecule has 2 rings (SSSR count). The van der Waals surface area contributed by atoms with E-state index in [4.69, 9.17) is 0 Å². The van der Waals surface area contributed by atoms with Crippen LogP contribution in [0, 0.1) is 0 Å². The van der Waals surface area contributed by atoms with Gasteiger partial charge in [-0.1, -0.05) is 0 Å². The predicted octanol–water partition coefficient (Wildman–Crippen LogP) is 3.30. The Kier molecular flexibility index (Phi) is 2.66. The lowest BCUT2D eigenvalue weighted by Crippen LogP contribution is -2.45. The molecule has 1 aromatic rings. The molecule has 1 N–H and O–H groups in total. The Morgan fingerprint density at radius 3 is 2.62 bits per heavy atom. The van der Waals surface area contributed by atoms with Gasteiger partial charge in [-0.15, -0.1) is 11.3 Å². The second-order valence-corrected chi connectivity index (χ2v) is 6.00. The molecule has 0 unspecified atom stereocenters. The van der Waals surface area contributed by atoms with E-state index in [1.165, 1.54) is 17.7 Å². The first-order chi connectivity index (χ1) is 7.39. The fraction of sp³-hybridized carbons (Fsp3) is 0.636. The van der Waals surface area contributed by atoms with Gasteiger partial charge in [-0.05, 0) is 33.6 Å². The minimum absolute atomic E-state index is 0.458. The Balaban J connectivity index is 2.27. The lowest BCUT2D eigenvalue weighted by atomic mass is 10.1. The summed E-state index contributed by atoms with van der Waals surface area (Å²) in [6.45, 7) is 5.62. The average Bonchev–Trinajstić information content (AvgIpc) is 2.85. The maximum absolute atomic E-state index is 11.2. The summed E-state index contributed by atoms with van der Waals surface area (Å²) in [6, 6.07) is 0. The van der Waals surface area contributed by atoms with Crippen LogP contribution in [-0.4, -0.2) is 21.7 Å². The first-order valence-electron chi connectivity index (χ1n) is 5.38. The molecule has 0 aliphatic heterocycles. The van der Waals surface area contributed by atoms with Crippen LogP contribution in [0.15, 0.2) is 5.38 Å². The summed E-state index contributed by atoms with van der Waals surface area (Å²) in [6.07, 6.45) is 1.44. The van der Waals surface area contributed by atoms with E-state index in [0.29, 0.717) is 11.7 Å². The van der Waals surface area contributed by atoms with Gasteiger partial charge in [0, 0.05) is 16.8 Å². The quantitative estimate of drug-likeness (QED) is 0.862. The maximum Gasteiger partial charge on any atom is 0.413 e. The van der Waals surface area contributed by atoms with Gasteiger partial charge < -0.3 is 5.11 Å². The lowest BCUT2D eigenvalue weighted by molar-refractivity contribution is 0.195. The zero-order valence-electron chi connectivity index (χ0n) is 9.73. The highest BCUT2D eigenvalue weighted by atomic mass is 32.1. The Morgan fingerprint density at radius 1 is 1.56 bits per heavy atom. The molecular weight excluding hydrogens is 224 g/mol. The van der Waals surface area contributed by atoms with Gasteiger partial charge in [-0.25, -0.2) is 9.78 Å². The molecular formula is C11H16N2O2S. The molecule has 1 aliphatic rings. The molecule has 5 heteroatoms. The van der Waals surface area contributed by atoms with E-state index in [0.717, 1.165) is 5.01 Å². The van der Waals surface area contributed by atoms with Crippen LogP contribution in [0.4, 0.5) is 10.6 Å². The minimum Gasteiger partial charge on any atom is -0.465 e. The van der Waals surface area contributed by atoms with E-state index in [9.17, 15) is 9.90 Å². The Morgan fingerprint density at radius 2 is 2.19 bits per heavy atom. The molecule has 1 saturated carbocycles. The zero-order valence-corrected chi connectivity index (χ0v) is 10.5. The van der Waals surface area contributed by atoms with Crippen molar-refractivity contribution in [3.8, 4) is 0 Å². The molecule has 1 aliphatic carbocycles. The van der Waals surface area contributed by atoms with E-state index in [1.807, 2.05) is 26.2 Å². The molecule has 0 saturated heterocycles. The van der Waals surface area contributed by atoms with Gasteiger partial charge in [0.2, 0.25) is 0 Å². The van der Waals surface area contributed by atoms with Crippen molar-refractivity contribution in [2.24, 2.45) is 0 Å². The smallest absolute Gasteiger partial charge is 0.413 e. The number of thiazole rings is 1. The molecule has 4 nitrogen and oxygen atoms in total. The summed E-state index contributed by atoms with van der Waals surface area (Å²) in [5, 5.41) is 12.1. The van der Waals surface area contributed by atoms with Crippen LogP contribution >= 0.6 is 11.3 Å². The molecule has 0 radical (unpaired) electrons. The van der Waals surface area contributed by atoms with E-state index in [1.54, 1.807) is 11.3 Å². The van der Waals surface area contributed by atoms with E-state index in [-0.39, 0.29) is 0 Å². The Labute approximate surface area is 98.9 Å². The number of amides is 1. The summed E-state index contributed by atoms with van der Waals surface area (Å²) in [5.41, 5.74) is -0.458. The third-order valence-electron chi connectivity index (χ3n) is 2.53. The molecule has 16 heavy (non-hydrogen) atoms. The monoisotopic (exact) mass is 240 g/mol. The SMILES string of the molecule is CC(C)(C)N(C(=O)O)c1csc(C2CC2)n1. The highest BCUT2D eigenvalue weighted by Gasteiger charge is 2.32. The highest BCUT2D eigenvalue weighted by Crippen LogP contribution is 2.42. The van der Waals surface area contributed by atoms with Crippen molar-refractivity contribution < 1.29 is 9.90 Å². The average molecular weight is 240 g/mol. The van der Waals surface area contributed by atoms with Gasteiger partial charge in [0.25, 0.3) is 0 Å². The van der Waals surface area contributed by atoms with Crippen molar-refractivity contribution in [2.45, 2.75) is 45.1 Å². The fourth-order valence-electron chi connectivity index (χ4n) is 1.63. The van der Waals surface area contributed by atoms with E-state index < -0.39 is 11.6 Å². The van der Waals surface area contributed by atoms with E-state index >= 15 is 0 Å². The summed E-state index contributed by atoms with van der Waals surface area (Å²) in [7, 11) is 0. The van der Waals surface area contributed by atoms with Gasteiger partial charge in [-0.2, -0.15) is 0 Å².